The molecule has 1 amide bonds. The molecule has 0 aliphatic rings. The molecule has 0 saturated heterocycles. The molecule has 0 heterocycles. The molecule has 3 nitrogen and oxygen atoms in total. The number of hydrogen-bond acceptors (Lipinski definition) is 2. The molecule has 0 saturated carbocycles. The first-order chi connectivity index (χ1) is 9.06. The van der Waals surface area contributed by atoms with Gasteiger partial charge < -0.3 is 10.4 Å². The minimum Gasteiger partial charge on any atom is -0.508 e. The SMILES string of the molecule is O=C(NCc1cccc(O)c1)c1cc(Br)ccc1Br. The predicted octanol–water partition coefficient (Wildman–Crippen LogP) is 3.85. The molecule has 0 aromatic heterocycles. The van der Waals surface area contributed by atoms with E-state index in [0.717, 1.165) is 14.5 Å². The maximum Gasteiger partial charge on any atom is 0.252 e. The van der Waals surface area contributed by atoms with Crippen LogP contribution in [0.25, 0.3) is 0 Å². The topological polar surface area (TPSA) is 49.3 Å². The lowest BCUT2D eigenvalue weighted by molar-refractivity contribution is 0.0950. The average molecular weight is 385 g/mol. The first-order valence-electron chi connectivity index (χ1n) is 5.57. The molecule has 2 aromatic rings. The highest BCUT2D eigenvalue weighted by atomic mass is 79.9. The molecular formula is C14H11Br2NO2. The van der Waals surface area contributed by atoms with Crippen LogP contribution in [0.15, 0.2) is 51.4 Å². The third-order valence-corrected chi connectivity index (χ3v) is 3.72. The van der Waals surface area contributed by atoms with Gasteiger partial charge >= 0.3 is 0 Å². The summed E-state index contributed by atoms with van der Waals surface area (Å²) in [7, 11) is 0. The van der Waals surface area contributed by atoms with E-state index in [-0.39, 0.29) is 11.7 Å². The molecule has 19 heavy (non-hydrogen) atoms. The van der Waals surface area contributed by atoms with Crippen molar-refractivity contribution in [1.82, 2.24) is 5.32 Å². The smallest absolute Gasteiger partial charge is 0.252 e. The Bertz CT molecular complexity index is 614. The standard InChI is InChI=1S/C14H11Br2NO2/c15-10-4-5-13(16)12(7-10)14(19)17-8-9-2-1-3-11(18)6-9/h1-7,18H,8H2,(H,17,19). The number of carbonyl (C=O) groups is 1. The van der Waals surface area contributed by atoms with E-state index >= 15 is 0 Å². The van der Waals surface area contributed by atoms with Crippen LogP contribution < -0.4 is 5.32 Å². The number of carbonyl (C=O) groups excluding carboxylic acids is 1. The normalized spacial score (nSPS) is 10.2. The summed E-state index contributed by atoms with van der Waals surface area (Å²) in [5.74, 6) is 0.0203. The highest BCUT2D eigenvalue weighted by Gasteiger charge is 2.10. The number of nitrogens with one attached hydrogen (secondary N) is 1. The Morgan fingerprint density at radius 2 is 1.95 bits per heavy atom. The summed E-state index contributed by atoms with van der Waals surface area (Å²) in [5.41, 5.74) is 1.41. The summed E-state index contributed by atoms with van der Waals surface area (Å²) in [6.45, 7) is 0.367. The largest absolute Gasteiger partial charge is 0.508 e. The van der Waals surface area contributed by atoms with Gasteiger partial charge in [-0.15, -0.1) is 0 Å². The Labute approximate surface area is 127 Å². The van der Waals surface area contributed by atoms with Crippen molar-refractivity contribution >= 4 is 37.8 Å². The molecule has 0 radical (unpaired) electrons. The van der Waals surface area contributed by atoms with Crippen molar-refractivity contribution in [2.24, 2.45) is 0 Å². The summed E-state index contributed by atoms with van der Waals surface area (Å²) in [5, 5.41) is 12.2. The quantitative estimate of drug-likeness (QED) is 0.844. The summed E-state index contributed by atoms with van der Waals surface area (Å²) < 4.78 is 1.59. The number of phenols is 1. The summed E-state index contributed by atoms with van der Waals surface area (Å²) in [6, 6.07) is 12.2. The lowest BCUT2D eigenvalue weighted by atomic mass is 10.2. The molecule has 5 heteroatoms. The van der Waals surface area contributed by atoms with Crippen molar-refractivity contribution in [1.29, 1.82) is 0 Å². The van der Waals surface area contributed by atoms with Crippen LogP contribution >= 0.6 is 31.9 Å². The molecular weight excluding hydrogens is 374 g/mol. The van der Waals surface area contributed by atoms with E-state index in [0.29, 0.717) is 12.1 Å². The Morgan fingerprint density at radius 3 is 2.68 bits per heavy atom. The fourth-order valence-corrected chi connectivity index (χ4v) is 2.40. The Morgan fingerprint density at radius 1 is 1.16 bits per heavy atom. The van der Waals surface area contributed by atoms with Crippen LogP contribution in [0.1, 0.15) is 15.9 Å². The van der Waals surface area contributed by atoms with Gasteiger partial charge in [-0.1, -0.05) is 28.1 Å². The van der Waals surface area contributed by atoms with E-state index in [9.17, 15) is 9.90 Å². The van der Waals surface area contributed by atoms with Crippen molar-refractivity contribution in [3.63, 3.8) is 0 Å². The van der Waals surface area contributed by atoms with E-state index in [1.807, 2.05) is 18.2 Å². The maximum absolute atomic E-state index is 12.1. The van der Waals surface area contributed by atoms with Crippen LogP contribution in [0.2, 0.25) is 0 Å². The number of hydrogen-bond donors (Lipinski definition) is 2. The first-order valence-corrected chi connectivity index (χ1v) is 7.16. The van der Waals surface area contributed by atoms with E-state index < -0.39 is 0 Å². The van der Waals surface area contributed by atoms with Gasteiger partial charge in [0.05, 0.1) is 5.56 Å². The Kier molecular flexibility index (Phi) is 4.61. The zero-order chi connectivity index (χ0) is 13.8. The van der Waals surface area contributed by atoms with E-state index in [1.165, 1.54) is 0 Å². The molecule has 0 bridgehead atoms. The lowest BCUT2D eigenvalue weighted by Crippen LogP contribution is -2.23. The van der Waals surface area contributed by atoms with Gasteiger partial charge in [0.1, 0.15) is 5.75 Å². The Balaban J connectivity index is 2.07. The number of rotatable bonds is 3. The summed E-state index contributed by atoms with van der Waals surface area (Å²) in [4.78, 5) is 12.1. The van der Waals surface area contributed by atoms with Gasteiger partial charge in [-0.05, 0) is 51.8 Å². The third-order valence-electron chi connectivity index (χ3n) is 2.54. The van der Waals surface area contributed by atoms with Crippen LogP contribution in [-0.4, -0.2) is 11.0 Å². The van der Waals surface area contributed by atoms with E-state index in [2.05, 4.69) is 37.2 Å². The van der Waals surface area contributed by atoms with Crippen LogP contribution in [0.4, 0.5) is 0 Å². The van der Waals surface area contributed by atoms with Crippen LogP contribution in [0.3, 0.4) is 0 Å². The number of halogens is 2. The van der Waals surface area contributed by atoms with Crippen molar-refractivity contribution in [3.8, 4) is 5.75 Å². The maximum atomic E-state index is 12.1. The molecule has 0 aliphatic heterocycles. The minimum absolute atomic E-state index is 0.170. The van der Waals surface area contributed by atoms with Crippen LogP contribution in [0, 0.1) is 0 Å². The number of benzene rings is 2. The van der Waals surface area contributed by atoms with Gasteiger partial charge in [-0.25, -0.2) is 0 Å². The first kappa shape index (κ1) is 14.1. The number of aromatic hydroxyl groups is 1. The zero-order valence-corrected chi connectivity index (χ0v) is 13.0. The zero-order valence-electron chi connectivity index (χ0n) is 9.86. The predicted molar refractivity (Wildman–Crippen MR) is 81.1 cm³/mol. The molecule has 0 unspecified atom stereocenters. The monoisotopic (exact) mass is 383 g/mol. The molecule has 2 N–H and O–H groups in total. The van der Waals surface area contributed by atoms with Gasteiger partial charge in [0, 0.05) is 15.5 Å². The molecule has 0 aliphatic carbocycles. The van der Waals surface area contributed by atoms with E-state index in [4.69, 9.17) is 0 Å². The van der Waals surface area contributed by atoms with Crippen LogP contribution in [0.5, 0.6) is 5.75 Å². The molecule has 2 aromatic carbocycles. The second-order valence-electron chi connectivity index (χ2n) is 3.98. The number of phenolic OH excluding ortho intramolecular Hbond substituents is 1. The Hall–Kier alpha value is -1.33. The fraction of sp³-hybridized carbons (Fsp3) is 0.0714. The van der Waals surface area contributed by atoms with E-state index in [1.54, 1.807) is 24.3 Å². The highest BCUT2D eigenvalue weighted by molar-refractivity contribution is 9.11. The van der Waals surface area contributed by atoms with Gasteiger partial charge in [0.15, 0.2) is 0 Å². The van der Waals surface area contributed by atoms with Gasteiger partial charge in [-0.3, -0.25) is 4.79 Å². The molecule has 98 valence electrons. The second kappa shape index (κ2) is 6.21. The van der Waals surface area contributed by atoms with Crippen molar-refractivity contribution in [2.45, 2.75) is 6.54 Å². The lowest BCUT2D eigenvalue weighted by Gasteiger charge is -2.08. The van der Waals surface area contributed by atoms with Gasteiger partial charge in [0.25, 0.3) is 5.91 Å². The molecule has 2 rings (SSSR count). The second-order valence-corrected chi connectivity index (χ2v) is 5.75. The van der Waals surface area contributed by atoms with Crippen molar-refractivity contribution in [2.75, 3.05) is 0 Å². The van der Waals surface area contributed by atoms with Crippen LogP contribution in [-0.2, 0) is 6.54 Å². The third kappa shape index (κ3) is 3.81. The molecule has 0 spiro atoms. The summed E-state index contributed by atoms with van der Waals surface area (Å²) >= 11 is 6.68. The average Bonchev–Trinajstić information content (AvgIpc) is 2.39. The molecule has 0 fully saturated rings. The fourth-order valence-electron chi connectivity index (χ4n) is 1.62. The molecule has 0 atom stereocenters. The van der Waals surface area contributed by atoms with Crippen molar-refractivity contribution in [3.05, 3.63) is 62.5 Å². The highest BCUT2D eigenvalue weighted by Crippen LogP contribution is 2.21. The minimum atomic E-state index is -0.170. The van der Waals surface area contributed by atoms with Gasteiger partial charge in [-0.2, -0.15) is 0 Å². The number of amides is 1. The summed E-state index contributed by atoms with van der Waals surface area (Å²) in [6.07, 6.45) is 0. The van der Waals surface area contributed by atoms with Gasteiger partial charge in [0.2, 0.25) is 0 Å². The van der Waals surface area contributed by atoms with Crippen molar-refractivity contribution < 1.29 is 9.90 Å².